The van der Waals surface area contributed by atoms with Crippen molar-refractivity contribution in [3.8, 4) is 0 Å². The summed E-state index contributed by atoms with van der Waals surface area (Å²) >= 11 is 0. The van der Waals surface area contributed by atoms with Crippen LogP contribution in [0.3, 0.4) is 0 Å². The van der Waals surface area contributed by atoms with Crippen LogP contribution in [-0.2, 0) is 4.74 Å². The second-order valence-corrected chi connectivity index (χ2v) is 4.81. The van der Waals surface area contributed by atoms with Gasteiger partial charge in [-0.3, -0.25) is 0 Å². The predicted molar refractivity (Wildman–Crippen MR) is 47.3 cm³/mol. The van der Waals surface area contributed by atoms with E-state index in [4.69, 9.17) is 4.74 Å². The Morgan fingerprint density at radius 1 is 1.14 bits per heavy atom. The maximum atomic E-state index is 13.6. The lowest BCUT2D eigenvalue weighted by molar-refractivity contribution is 0.0218. The highest BCUT2D eigenvalue weighted by Crippen LogP contribution is 2.71. The summed E-state index contributed by atoms with van der Waals surface area (Å²) < 4.78 is 32.4. The molecule has 1 N–H and O–H groups in total. The van der Waals surface area contributed by atoms with Crippen molar-refractivity contribution in [2.45, 2.75) is 18.8 Å². The lowest BCUT2D eigenvalue weighted by Gasteiger charge is -2.30. The third-order valence-electron chi connectivity index (χ3n) is 4.18. The molecule has 80 valence electrons. The highest BCUT2D eigenvalue weighted by molar-refractivity contribution is 5.25. The summed E-state index contributed by atoms with van der Waals surface area (Å²) in [6, 6.07) is 0. The molecule has 1 aliphatic carbocycles. The van der Waals surface area contributed by atoms with Gasteiger partial charge in [0.05, 0.1) is 5.41 Å². The number of alkyl halides is 2. The minimum absolute atomic E-state index is 0.195. The van der Waals surface area contributed by atoms with Crippen molar-refractivity contribution in [3.63, 3.8) is 0 Å². The van der Waals surface area contributed by atoms with Crippen LogP contribution in [0.1, 0.15) is 12.8 Å². The first-order valence-electron chi connectivity index (χ1n) is 5.35. The van der Waals surface area contributed by atoms with Crippen LogP contribution in [0, 0.1) is 17.3 Å². The van der Waals surface area contributed by atoms with E-state index in [1.165, 1.54) is 0 Å². The molecular formula is C10H15F2NO. The molecule has 0 amide bonds. The number of ether oxygens (including phenoxy) is 1. The quantitative estimate of drug-likeness (QED) is 0.693. The predicted octanol–water partition coefficient (Wildman–Crippen LogP) is 1.27. The fraction of sp³-hybridized carbons (Fsp3) is 1.00. The van der Waals surface area contributed by atoms with Gasteiger partial charge in [0.25, 0.3) is 5.92 Å². The van der Waals surface area contributed by atoms with Gasteiger partial charge in [0.1, 0.15) is 0 Å². The Morgan fingerprint density at radius 2 is 1.79 bits per heavy atom. The van der Waals surface area contributed by atoms with Gasteiger partial charge in [0.2, 0.25) is 0 Å². The largest absolute Gasteiger partial charge is 0.381 e. The molecule has 14 heavy (non-hydrogen) atoms. The van der Waals surface area contributed by atoms with E-state index in [1.807, 2.05) is 0 Å². The molecule has 3 fully saturated rings. The molecule has 0 bridgehead atoms. The van der Waals surface area contributed by atoms with Crippen LogP contribution in [0.25, 0.3) is 0 Å². The van der Waals surface area contributed by atoms with Crippen LogP contribution in [-0.4, -0.2) is 32.2 Å². The minimum Gasteiger partial charge on any atom is -0.381 e. The van der Waals surface area contributed by atoms with Crippen LogP contribution in [0.5, 0.6) is 0 Å². The van der Waals surface area contributed by atoms with E-state index in [0.29, 0.717) is 26.3 Å². The molecule has 0 aromatic heterocycles. The van der Waals surface area contributed by atoms with E-state index in [-0.39, 0.29) is 11.8 Å². The average molecular weight is 203 g/mol. The van der Waals surface area contributed by atoms with Crippen molar-refractivity contribution in [2.24, 2.45) is 17.3 Å². The van der Waals surface area contributed by atoms with Crippen LogP contribution in [0.2, 0.25) is 0 Å². The molecule has 1 unspecified atom stereocenters. The maximum Gasteiger partial charge on any atom is 0.260 e. The normalized spacial score (nSPS) is 39.4. The maximum absolute atomic E-state index is 13.6. The van der Waals surface area contributed by atoms with E-state index < -0.39 is 11.3 Å². The van der Waals surface area contributed by atoms with E-state index >= 15 is 0 Å². The van der Waals surface area contributed by atoms with Crippen molar-refractivity contribution >= 4 is 0 Å². The Bertz CT molecular complexity index is 247. The van der Waals surface area contributed by atoms with Crippen LogP contribution >= 0.6 is 0 Å². The van der Waals surface area contributed by atoms with Crippen molar-refractivity contribution in [3.05, 3.63) is 0 Å². The Morgan fingerprint density at radius 3 is 2.21 bits per heavy atom. The van der Waals surface area contributed by atoms with Crippen LogP contribution in [0.15, 0.2) is 0 Å². The topological polar surface area (TPSA) is 21.3 Å². The molecule has 0 aromatic rings. The van der Waals surface area contributed by atoms with Crippen LogP contribution < -0.4 is 5.32 Å². The summed E-state index contributed by atoms with van der Waals surface area (Å²) in [5, 5.41) is 2.98. The standard InChI is InChI=1S/C10H15F2NO/c11-10(12)8(9(10)5-13-6-9)7-1-3-14-4-2-7/h7-8,13H,1-6H2. The second kappa shape index (κ2) is 2.67. The summed E-state index contributed by atoms with van der Waals surface area (Å²) in [6.45, 7) is 2.37. The molecule has 1 spiro atoms. The van der Waals surface area contributed by atoms with E-state index in [2.05, 4.69) is 5.32 Å². The van der Waals surface area contributed by atoms with Gasteiger partial charge < -0.3 is 10.1 Å². The summed E-state index contributed by atoms with van der Waals surface area (Å²) in [4.78, 5) is 0. The molecule has 1 saturated carbocycles. The summed E-state index contributed by atoms with van der Waals surface area (Å²) in [5.41, 5.74) is -0.658. The average Bonchev–Trinajstić information content (AvgIpc) is 2.64. The molecule has 4 heteroatoms. The van der Waals surface area contributed by atoms with Crippen molar-refractivity contribution in [1.29, 1.82) is 0 Å². The smallest absolute Gasteiger partial charge is 0.260 e. The number of halogens is 2. The van der Waals surface area contributed by atoms with Crippen molar-refractivity contribution in [2.75, 3.05) is 26.3 Å². The number of hydrogen-bond donors (Lipinski definition) is 1. The van der Waals surface area contributed by atoms with Gasteiger partial charge in [0.15, 0.2) is 0 Å². The summed E-state index contributed by atoms with van der Waals surface area (Å²) in [5.74, 6) is -2.57. The molecule has 2 heterocycles. The van der Waals surface area contributed by atoms with Crippen molar-refractivity contribution in [1.82, 2.24) is 5.32 Å². The molecular weight excluding hydrogens is 188 g/mol. The molecule has 2 nitrogen and oxygen atoms in total. The minimum atomic E-state index is -2.40. The zero-order valence-electron chi connectivity index (χ0n) is 8.06. The van der Waals surface area contributed by atoms with E-state index in [1.54, 1.807) is 0 Å². The van der Waals surface area contributed by atoms with Gasteiger partial charge in [-0.1, -0.05) is 0 Å². The SMILES string of the molecule is FC1(F)C(C2CCOCC2)C12CNC2. The van der Waals surface area contributed by atoms with E-state index in [9.17, 15) is 8.78 Å². The second-order valence-electron chi connectivity index (χ2n) is 4.81. The molecule has 1 atom stereocenters. The fourth-order valence-corrected chi connectivity index (χ4v) is 3.19. The highest BCUT2D eigenvalue weighted by Gasteiger charge is 2.83. The third kappa shape index (κ3) is 0.910. The number of rotatable bonds is 1. The van der Waals surface area contributed by atoms with Crippen molar-refractivity contribution < 1.29 is 13.5 Å². The first-order chi connectivity index (χ1) is 6.68. The van der Waals surface area contributed by atoms with Gasteiger partial charge in [-0.2, -0.15) is 0 Å². The van der Waals surface area contributed by atoms with Gasteiger partial charge in [-0.25, -0.2) is 8.78 Å². The Labute approximate surface area is 82.0 Å². The van der Waals surface area contributed by atoms with Crippen LogP contribution in [0.4, 0.5) is 8.78 Å². The molecule has 0 radical (unpaired) electrons. The van der Waals surface area contributed by atoms with E-state index in [0.717, 1.165) is 12.8 Å². The lowest BCUT2D eigenvalue weighted by atomic mass is 9.86. The molecule has 2 saturated heterocycles. The zero-order chi connectivity index (χ0) is 9.81. The van der Waals surface area contributed by atoms with Gasteiger partial charge in [0, 0.05) is 32.2 Å². The van der Waals surface area contributed by atoms with Gasteiger partial charge in [-0.05, 0) is 18.8 Å². The molecule has 3 rings (SSSR count). The Balaban J connectivity index is 1.74. The first kappa shape index (κ1) is 9.04. The summed E-state index contributed by atoms with van der Waals surface area (Å²) in [7, 11) is 0. The fourth-order valence-electron chi connectivity index (χ4n) is 3.19. The number of nitrogens with one attached hydrogen (secondary N) is 1. The molecule has 0 aromatic carbocycles. The Hall–Kier alpha value is -0.220. The summed E-state index contributed by atoms with van der Waals surface area (Å²) in [6.07, 6.45) is 1.64. The molecule has 2 aliphatic heterocycles. The molecule has 3 aliphatic rings. The first-order valence-corrected chi connectivity index (χ1v) is 5.35. The third-order valence-corrected chi connectivity index (χ3v) is 4.18. The Kier molecular flexibility index (Phi) is 1.72. The lowest BCUT2D eigenvalue weighted by Crippen LogP contribution is -2.48. The monoisotopic (exact) mass is 203 g/mol. The highest BCUT2D eigenvalue weighted by atomic mass is 19.3. The number of hydrogen-bond acceptors (Lipinski definition) is 2. The van der Waals surface area contributed by atoms with Gasteiger partial charge in [-0.15, -0.1) is 0 Å². The van der Waals surface area contributed by atoms with Gasteiger partial charge >= 0.3 is 0 Å². The zero-order valence-corrected chi connectivity index (χ0v) is 8.06.